The zero-order chi connectivity index (χ0) is 36.6. The van der Waals surface area contributed by atoms with Crippen molar-refractivity contribution in [3.05, 3.63) is 42.1 Å². The predicted molar refractivity (Wildman–Crippen MR) is 189 cm³/mol. The van der Waals surface area contributed by atoms with Gasteiger partial charge in [0, 0.05) is 60.8 Å². The van der Waals surface area contributed by atoms with Gasteiger partial charge in [-0.25, -0.2) is 9.78 Å². The number of carbonyl (C=O) groups is 5. The predicted octanol–water partition coefficient (Wildman–Crippen LogP) is 4.12. The van der Waals surface area contributed by atoms with Crippen molar-refractivity contribution in [1.82, 2.24) is 20.1 Å². The smallest absolute Gasteiger partial charge is 0.330 e. The molecule has 4 fully saturated rings. The van der Waals surface area contributed by atoms with Crippen LogP contribution in [-0.2, 0) is 23.9 Å². The third-order valence-electron chi connectivity index (χ3n) is 11.8. The Kier molecular flexibility index (Phi) is 10.1. The summed E-state index contributed by atoms with van der Waals surface area (Å²) in [5, 5.41) is 13.8. The Morgan fingerprint density at radius 2 is 1.77 bits per heavy atom. The van der Waals surface area contributed by atoms with Gasteiger partial charge in [-0.3, -0.25) is 19.2 Å². The van der Waals surface area contributed by atoms with Gasteiger partial charge >= 0.3 is 11.9 Å². The number of carboxylic acid groups (broad SMARTS) is 1. The molecule has 13 nitrogen and oxygen atoms in total. The molecule has 1 aromatic carbocycles. The van der Waals surface area contributed by atoms with Crippen LogP contribution in [0, 0.1) is 23.7 Å². The number of hydrogen-bond donors (Lipinski definition) is 2. The number of esters is 1. The van der Waals surface area contributed by atoms with E-state index in [1.54, 1.807) is 35.1 Å². The number of hydrogen-bond acceptors (Lipinski definition) is 9. The number of nitrogens with one attached hydrogen (secondary N) is 1. The summed E-state index contributed by atoms with van der Waals surface area (Å²) in [4.78, 5) is 76.5. The molecule has 3 aliphatic heterocycles. The van der Waals surface area contributed by atoms with Gasteiger partial charge in [-0.1, -0.05) is 25.0 Å². The Hall–Kier alpha value is -4.68. The Morgan fingerprint density at radius 1 is 0.981 bits per heavy atom. The van der Waals surface area contributed by atoms with Crippen molar-refractivity contribution < 1.29 is 43.3 Å². The second-order valence-electron chi connectivity index (χ2n) is 15.1. The molecule has 0 spiro atoms. The highest BCUT2D eigenvalue weighted by Crippen LogP contribution is 2.46. The van der Waals surface area contributed by atoms with E-state index in [-0.39, 0.29) is 67.9 Å². The van der Waals surface area contributed by atoms with Crippen LogP contribution in [0.15, 0.2) is 36.4 Å². The summed E-state index contributed by atoms with van der Waals surface area (Å²) in [6.07, 6.45) is 11.3. The first-order chi connectivity index (χ1) is 25.1. The summed E-state index contributed by atoms with van der Waals surface area (Å²) in [6, 6.07) is 5.93. The van der Waals surface area contributed by atoms with Crippen molar-refractivity contribution in [2.45, 2.75) is 88.3 Å². The van der Waals surface area contributed by atoms with E-state index in [0.29, 0.717) is 23.4 Å². The van der Waals surface area contributed by atoms with Gasteiger partial charge in [0.05, 0.1) is 26.2 Å². The Labute approximate surface area is 303 Å². The Morgan fingerprint density at radius 3 is 2.52 bits per heavy atom. The van der Waals surface area contributed by atoms with Crippen LogP contribution >= 0.6 is 0 Å². The average Bonchev–Trinajstić information content (AvgIpc) is 3.47. The maximum Gasteiger partial charge on any atom is 0.330 e. The number of aliphatic carboxylic acids is 1. The quantitative estimate of drug-likeness (QED) is 0.315. The second-order valence-corrected chi connectivity index (χ2v) is 15.1. The van der Waals surface area contributed by atoms with Crippen molar-refractivity contribution in [2.75, 3.05) is 33.9 Å². The number of ether oxygens (including phenoxy) is 3. The van der Waals surface area contributed by atoms with Crippen LogP contribution in [0.2, 0.25) is 0 Å². The minimum Gasteiger partial charge on any atom is -0.497 e. The first-order valence-corrected chi connectivity index (χ1v) is 18.7. The fraction of sp³-hybridized carbons (Fsp3) is 0.590. The molecule has 13 heteroatoms. The van der Waals surface area contributed by atoms with E-state index in [9.17, 15) is 29.1 Å². The fourth-order valence-corrected chi connectivity index (χ4v) is 8.85. The van der Waals surface area contributed by atoms with Crippen LogP contribution in [-0.4, -0.2) is 101 Å². The van der Waals surface area contributed by atoms with Gasteiger partial charge < -0.3 is 34.4 Å². The first kappa shape index (κ1) is 35.7. The van der Waals surface area contributed by atoms with E-state index in [4.69, 9.17) is 14.2 Å². The maximum atomic E-state index is 14.5. The lowest BCUT2D eigenvalue weighted by molar-refractivity contribution is -0.154. The number of carboxylic acids is 1. The van der Waals surface area contributed by atoms with Crippen molar-refractivity contribution in [2.24, 2.45) is 23.7 Å². The topological polar surface area (TPSA) is 165 Å². The molecular formula is C39H48N4O9. The summed E-state index contributed by atoms with van der Waals surface area (Å²) in [5.74, 6) is -3.35. The van der Waals surface area contributed by atoms with Crippen molar-refractivity contribution in [3.8, 4) is 11.5 Å². The van der Waals surface area contributed by atoms with E-state index >= 15 is 0 Å². The molecule has 2 aliphatic carbocycles. The number of allylic oxidation sites excluding steroid dienone is 1. The van der Waals surface area contributed by atoms with Gasteiger partial charge in [-0.15, -0.1) is 0 Å². The van der Waals surface area contributed by atoms with E-state index in [2.05, 4.69) is 10.3 Å². The zero-order valence-electron chi connectivity index (χ0n) is 29.9. The monoisotopic (exact) mass is 716 g/mol. The van der Waals surface area contributed by atoms with Gasteiger partial charge in [0.2, 0.25) is 11.8 Å². The number of pyridine rings is 1. The number of likely N-dealkylation sites (tertiary alicyclic amines) is 1. The van der Waals surface area contributed by atoms with Crippen LogP contribution in [0.1, 0.15) is 81.1 Å². The third kappa shape index (κ3) is 6.93. The van der Waals surface area contributed by atoms with E-state index in [1.807, 2.05) is 18.2 Å². The summed E-state index contributed by atoms with van der Waals surface area (Å²) in [5.41, 5.74) is -0.745. The minimum absolute atomic E-state index is 0.0680. The summed E-state index contributed by atoms with van der Waals surface area (Å²) in [7, 11) is 3.08. The number of rotatable bonds is 7. The number of aromatic nitrogens is 1. The summed E-state index contributed by atoms with van der Waals surface area (Å²) < 4.78 is 16.7. The number of amides is 3. The largest absolute Gasteiger partial charge is 0.497 e. The van der Waals surface area contributed by atoms with Crippen molar-refractivity contribution >= 4 is 40.6 Å². The van der Waals surface area contributed by atoms with E-state index in [1.165, 1.54) is 7.11 Å². The molecule has 2 N–H and O–H groups in total. The normalized spacial score (nSPS) is 30.0. The standard InChI is InChI=1S/C39H48N4O9/c1-50-27-14-15-28-30(17-27)40-31(18-32(28)51-2)37(47)42-20-24-21-43-34(29(24)22-42)35(45)41-39(38(48)49)19-25(39)11-7-5-3-4-6-10-23(36(43)46)16-33(44)52-26-12-8-9-13-26/h7,11,14-15,17-18,23-26,29,34H,3-6,8-10,12-13,16,19-22H2,1-2H3,(H,41,45)(H,48,49)/b11-7-/t23-,24-,25+,29-,34-,39+/m0/s1. The molecule has 0 radical (unpaired) electrons. The first-order valence-electron chi connectivity index (χ1n) is 18.7. The molecule has 0 unspecified atom stereocenters. The van der Waals surface area contributed by atoms with Gasteiger partial charge in [0.25, 0.3) is 5.91 Å². The molecule has 2 saturated carbocycles. The summed E-state index contributed by atoms with van der Waals surface area (Å²) in [6.45, 7) is 0.652. The maximum absolute atomic E-state index is 14.5. The lowest BCUT2D eigenvalue weighted by atomic mass is 9.92. The van der Waals surface area contributed by atoms with Crippen molar-refractivity contribution in [3.63, 3.8) is 0 Å². The molecule has 0 bridgehead atoms. The zero-order valence-corrected chi connectivity index (χ0v) is 29.9. The van der Waals surface area contributed by atoms with Crippen LogP contribution < -0.4 is 14.8 Å². The molecule has 278 valence electrons. The molecule has 52 heavy (non-hydrogen) atoms. The number of methoxy groups -OCH3 is 2. The lowest BCUT2D eigenvalue weighted by Crippen LogP contribution is -2.56. The van der Waals surface area contributed by atoms with Gasteiger partial charge in [-0.05, 0) is 63.5 Å². The lowest BCUT2D eigenvalue weighted by Gasteiger charge is -2.32. The Balaban J connectivity index is 1.16. The SMILES string of the molecule is COc1ccc2c(OC)cc(C(=O)N3C[C@H]4CN5C(=O)[C@H](CC(=O)OC6CCCC6)CCCCC/C=C\[C@@H]6C[C@@]6(C(=O)O)NC(=O)[C@@H]5[C@H]4C3)nc2c1. The highest BCUT2D eigenvalue weighted by atomic mass is 16.5. The third-order valence-corrected chi connectivity index (χ3v) is 11.8. The molecular weight excluding hydrogens is 668 g/mol. The second kappa shape index (κ2) is 14.7. The van der Waals surface area contributed by atoms with Gasteiger partial charge in [0.15, 0.2) is 0 Å². The summed E-state index contributed by atoms with van der Waals surface area (Å²) >= 11 is 0. The van der Waals surface area contributed by atoms with Crippen LogP contribution in [0.25, 0.3) is 10.9 Å². The molecule has 3 amide bonds. The average molecular weight is 717 g/mol. The van der Waals surface area contributed by atoms with Crippen LogP contribution in [0.3, 0.4) is 0 Å². The van der Waals surface area contributed by atoms with Crippen LogP contribution in [0.5, 0.6) is 11.5 Å². The minimum atomic E-state index is -1.45. The number of nitrogens with zero attached hydrogens (tertiary/aromatic N) is 3. The number of fused-ring (bicyclic) bond motifs is 5. The molecule has 2 saturated heterocycles. The van der Waals surface area contributed by atoms with Crippen LogP contribution in [0.4, 0.5) is 0 Å². The number of carbonyl (C=O) groups excluding carboxylic acids is 4. The highest BCUT2D eigenvalue weighted by molar-refractivity contribution is 5.99. The fourth-order valence-electron chi connectivity index (χ4n) is 8.85. The molecule has 5 aliphatic rings. The van der Waals surface area contributed by atoms with Crippen molar-refractivity contribution in [1.29, 1.82) is 0 Å². The van der Waals surface area contributed by atoms with E-state index in [0.717, 1.165) is 56.8 Å². The number of benzene rings is 1. The molecule has 7 rings (SSSR count). The van der Waals surface area contributed by atoms with Gasteiger partial charge in [0.1, 0.15) is 34.9 Å². The molecule has 4 heterocycles. The highest BCUT2D eigenvalue weighted by Gasteiger charge is 2.62. The van der Waals surface area contributed by atoms with Gasteiger partial charge in [-0.2, -0.15) is 0 Å². The Bertz CT molecular complexity index is 1770. The van der Waals surface area contributed by atoms with E-state index < -0.39 is 41.3 Å². The molecule has 2 aromatic rings. The molecule has 6 atom stereocenters. The molecule has 1 aromatic heterocycles.